The van der Waals surface area contributed by atoms with Crippen molar-refractivity contribution in [3.8, 4) is 0 Å². The van der Waals surface area contributed by atoms with Crippen molar-refractivity contribution in [2.24, 2.45) is 5.41 Å². The van der Waals surface area contributed by atoms with Gasteiger partial charge in [0.05, 0.1) is 94.9 Å². The summed E-state index contributed by atoms with van der Waals surface area (Å²) in [6, 6.07) is 2.87. The first-order valence-corrected chi connectivity index (χ1v) is 19.8. The number of fused-ring (bicyclic) bond motifs is 1. The normalized spacial score (nSPS) is 12.7. The SMILES string of the molecule is CN(O)C(=O)CNC(=O)CCOCC(COCCC(=O)NCC(=O)N(C)O)(COCCC(=O)NCC(=O)N(C)O)COCCC(=O)N1CCN(c2ccc([N+](=O)[O-])c3nonc23)CC1. The van der Waals surface area contributed by atoms with Gasteiger partial charge in [0.15, 0.2) is 5.52 Å². The van der Waals surface area contributed by atoms with Gasteiger partial charge in [-0.1, -0.05) is 0 Å². The lowest BCUT2D eigenvalue weighted by Gasteiger charge is -2.36. The molecule has 0 aliphatic carbocycles. The average molecular weight is 914 g/mol. The summed E-state index contributed by atoms with van der Waals surface area (Å²) in [6.07, 6.45) is -0.634. The summed E-state index contributed by atoms with van der Waals surface area (Å²) >= 11 is 0. The molecule has 0 atom stereocenters. The van der Waals surface area contributed by atoms with Gasteiger partial charge < -0.3 is 44.7 Å². The van der Waals surface area contributed by atoms with E-state index in [1.54, 1.807) is 11.0 Å². The molecule has 0 unspecified atom stereocenters. The first-order valence-electron chi connectivity index (χ1n) is 19.8. The standard InChI is InChI=1S/C36H55N11O17/c1-42(55)31(52)18-37-27(48)6-14-60-21-36(22-61-15-7-28(49)38-19-32(53)43(2)56,23-62-16-8-29(50)39-20-33(54)44(3)57)24-63-17-9-30(51)46-12-10-45(11-13-46)25-4-5-26(47(58)59)35-34(25)40-64-41-35/h4-5,55-57H,6-24H2,1-3H3,(H,37,48)(H,38,49)(H,39,50). The van der Waals surface area contributed by atoms with E-state index in [-0.39, 0.29) is 101 Å². The largest absolute Gasteiger partial charge is 0.380 e. The van der Waals surface area contributed by atoms with Crippen LogP contribution in [0.3, 0.4) is 0 Å². The van der Waals surface area contributed by atoms with Gasteiger partial charge in [-0.3, -0.25) is 59.3 Å². The zero-order chi connectivity index (χ0) is 47.2. The molecular formula is C36H55N11O17. The first-order chi connectivity index (χ1) is 30.4. The molecule has 7 amide bonds. The van der Waals surface area contributed by atoms with Crippen molar-refractivity contribution in [1.82, 2.24) is 46.4 Å². The van der Waals surface area contributed by atoms with Gasteiger partial charge in [0, 0.05) is 72.7 Å². The van der Waals surface area contributed by atoms with Crippen LogP contribution >= 0.6 is 0 Å². The molecule has 1 fully saturated rings. The van der Waals surface area contributed by atoms with E-state index in [2.05, 4.69) is 26.3 Å². The Bertz CT molecular complexity index is 1800. The number of anilines is 1. The highest BCUT2D eigenvalue weighted by molar-refractivity contribution is 5.94. The summed E-state index contributed by atoms with van der Waals surface area (Å²) in [7, 11) is 3.32. The molecule has 64 heavy (non-hydrogen) atoms. The maximum Gasteiger partial charge on any atom is 0.300 e. The van der Waals surface area contributed by atoms with E-state index in [1.807, 2.05) is 4.90 Å². The number of hydroxylamine groups is 6. The van der Waals surface area contributed by atoms with Gasteiger partial charge in [0.2, 0.25) is 29.1 Å². The van der Waals surface area contributed by atoms with Crippen molar-refractivity contribution in [3.05, 3.63) is 22.2 Å². The van der Waals surface area contributed by atoms with E-state index in [1.165, 1.54) is 6.07 Å². The van der Waals surface area contributed by atoms with Gasteiger partial charge in [-0.2, -0.15) is 0 Å². The van der Waals surface area contributed by atoms with E-state index < -0.39 is 65.4 Å². The van der Waals surface area contributed by atoms with Gasteiger partial charge in [0.25, 0.3) is 17.7 Å². The Hall–Kier alpha value is -6.17. The molecular weight excluding hydrogens is 858 g/mol. The van der Waals surface area contributed by atoms with Crippen molar-refractivity contribution in [2.75, 3.05) is 125 Å². The van der Waals surface area contributed by atoms with Crippen LogP contribution in [0.2, 0.25) is 0 Å². The van der Waals surface area contributed by atoms with Crippen LogP contribution in [0.1, 0.15) is 25.7 Å². The maximum atomic E-state index is 13.3. The average Bonchev–Trinajstić information content (AvgIpc) is 3.76. The second kappa shape index (κ2) is 26.5. The van der Waals surface area contributed by atoms with Crippen LogP contribution in [0, 0.1) is 15.5 Å². The van der Waals surface area contributed by atoms with Crippen LogP contribution in [0.25, 0.3) is 11.0 Å². The molecule has 28 nitrogen and oxygen atoms in total. The van der Waals surface area contributed by atoms with Crippen molar-refractivity contribution in [2.45, 2.75) is 25.7 Å². The molecule has 1 aliphatic heterocycles. The van der Waals surface area contributed by atoms with E-state index >= 15 is 0 Å². The fourth-order valence-corrected chi connectivity index (χ4v) is 5.79. The number of nitro groups is 1. The number of nitrogens with one attached hydrogen (secondary N) is 3. The zero-order valence-electron chi connectivity index (χ0n) is 35.7. The summed E-state index contributed by atoms with van der Waals surface area (Å²) < 4.78 is 28.3. The lowest BCUT2D eigenvalue weighted by atomic mass is 9.92. The van der Waals surface area contributed by atoms with Crippen LogP contribution in [0.4, 0.5) is 11.4 Å². The predicted octanol–water partition coefficient (Wildman–Crippen LogP) is -2.72. The molecule has 1 aliphatic rings. The highest BCUT2D eigenvalue weighted by Crippen LogP contribution is 2.31. The summed E-state index contributed by atoms with van der Waals surface area (Å²) in [5, 5.41) is 54.6. The number of carbonyl (C=O) groups is 7. The Kier molecular flexibility index (Phi) is 21.6. The van der Waals surface area contributed by atoms with Crippen molar-refractivity contribution < 1.29 is 77.7 Å². The minimum Gasteiger partial charge on any atom is -0.380 e. The molecule has 0 radical (unpaired) electrons. The number of benzene rings is 1. The number of aromatic nitrogens is 2. The van der Waals surface area contributed by atoms with Crippen LogP contribution in [0.15, 0.2) is 16.8 Å². The van der Waals surface area contributed by atoms with Gasteiger partial charge >= 0.3 is 5.69 Å². The van der Waals surface area contributed by atoms with Crippen LogP contribution in [0.5, 0.6) is 0 Å². The Morgan fingerprint density at radius 1 is 0.672 bits per heavy atom. The quantitative estimate of drug-likeness (QED) is 0.0219. The molecule has 0 saturated carbocycles. The third-order valence-corrected chi connectivity index (χ3v) is 9.45. The van der Waals surface area contributed by atoms with Crippen molar-refractivity contribution in [1.29, 1.82) is 0 Å². The topological polar surface area (TPSA) is 351 Å². The highest BCUT2D eigenvalue weighted by atomic mass is 16.6. The number of carbonyl (C=O) groups excluding carboxylic acids is 7. The Labute approximate surface area is 365 Å². The molecule has 0 spiro atoms. The number of hydrogen-bond acceptors (Lipinski definition) is 20. The minimum absolute atomic E-state index is 0.0114. The molecule has 1 aromatic heterocycles. The van der Waals surface area contributed by atoms with Gasteiger partial charge in [-0.15, -0.1) is 0 Å². The molecule has 6 N–H and O–H groups in total. The monoisotopic (exact) mass is 913 g/mol. The zero-order valence-corrected chi connectivity index (χ0v) is 35.7. The molecule has 0 bridgehead atoms. The second-order valence-corrected chi connectivity index (χ2v) is 14.5. The van der Waals surface area contributed by atoms with Crippen LogP contribution < -0.4 is 20.9 Å². The fourth-order valence-electron chi connectivity index (χ4n) is 5.79. The summed E-state index contributed by atoms with van der Waals surface area (Å²) in [6.45, 7) is -1.24. The van der Waals surface area contributed by atoms with Crippen LogP contribution in [-0.2, 0) is 52.5 Å². The van der Waals surface area contributed by atoms with Gasteiger partial charge in [0.1, 0.15) is 0 Å². The summed E-state index contributed by atoms with van der Waals surface area (Å²) in [5.41, 5.74) is -0.629. The Morgan fingerprint density at radius 3 is 1.45 bits per heavy atom. The van der Waals surface area contributed by atoms with Crippen molar-refractivity contribution >= 4 is 63.8 Å². The van der Waals surface area contributed by atoms with E-state index in [0.29, 0.717) is 47.1 Å². The molecule has 2 aromatic rings. The number of hydrogen-bond donors (Lipinski definition) is 6. The molecule has 3 rings (SSSR count). The number of nitro benzene ring substituents is 1. The first kappa shape index (κ1) is 52.2. The Morgan fingerprint density at radius 2 is 1.06 bits per heavy atom. The van der Waals surface area contributed by atoms with Crippen LogP contribution in [-0.4, -0.2) is 212 Å². The number of piperazine rings is 1. The van der Waals surface area contributed by atoms with E-state index in [4.69, 9.17) is 23.6 Å². The maximum absolute atomic E-state index is 13.3. The Balaban J connectivity index is 1.65. The number of ether oxygens (including phenoxy) is 4. The number of likely N-dealkylation sites (N-methyl/N-ethyl adjacent to an activating group) is 3. The predicted molar refractivity (Wildman–Crippen MR) is 214 cm³/mol. The number of amides is 7. The minimum atomic E-state index is -1.19. The van der Waals surface area contributed by atoms with Gasteiger partial charge in [-0.25, -0.2) is 19.8 Å². The molecule has 1 saturated heterocycles. The molecule has 1 aromatic carbocycles. The number of non-ortho nitro benzene ring substituents is 1. The van der Waals surface area contributed by atoms with E-state index in [9.17, 15) is 59.3 Å². The smallest absolute Gasteiger partial charge is 0.300 e. The third-order valence-electron chi connectivity index (χ3n) is 9.45. The lowest BCUT2D eigenvalue weighted by molar-refractivity contribution is -0.383. The second-order valence-electron chi connectivity index (χ2n) is 14.5. The molecule has 28 heteroatoms. The third kappa shape index (κ3) is 17.5. The highest BCUT2D eigenvalue weighted by Gasteiger charge is 2.34. The molecule has 2 heterocycles. The molecule has 356 valence electrons. The summed E-state index contributed by atoms with van der Waals surface area (Å²) in [5.74, 6) is -4.17. The summed E-state index contributed by atoms with van der Waals surface area (Å²) in [4.78, 5) is 99.6. The van der Waals surface area contributed by atoms with Crippen molar-refractivity contribution in [3.63, 3.8) is 0 Å². The number of nitrogens with zero attached hydrogens (tertiary/aromatic N) is 8. The van der Waals surface area contributed by atoms with E-state index in [0.717, 1.165) is 21.1 Å². The van der Waals surface area contributed by atoms with Gasteiger partial charge in [-0.05, 0) is 16.4 Å². The fraction of sp³-hybridized carbons (Fsp3) is 0.639. The number of rotatable bonds is 28. The lowest BCUT2D eigenvalue weighted by Crippen LogP contribution is -2.49.